The number of hydrogen-bond acceptors (Lipinski definition) is 5. The number of anilines is 1. The van der Waals surface area contributed by atoms with E-state index in [1.165, 1.54) is 20.3 Å². The molecule has 0 unspecified atom stereocenters. The Morgan fingerprint density at radius 1 is 0.939 bits per heavy atom. The fourth-order valence-corrected chi connectivity index (χ4v) is 4.46. The predicted octanol–water partition coefficient (Wildman–Crippen LogP) is 3.68. The summed E-state index contributed by atoms with van der Waals surface area (Å²) in [5, 5.41) is 3.01. The number of ether oxygens (including phenoxy) is 2. The Hall–Kier alpha value is -3.52. The summed E-state index contributed by atoms with van der Waals surface area (Å²) in [6.45, 7) is 1.59. The second-order valence-corrected chi connectivity index (χ2v) is 9.48. The van der Waals surface area contributed by atoms with Gasteiger partial charge in [-0.25, -0.2) is 8.42 Å². The van der Waals surface area contributed by atoms with Crippen LogP contribution in [0.15, 0.2) is 72.8 Å². The molecule has 0 aliphatic heterocycles. The molecule has 33 heavy (non-hydrogen) atoms. The molecule has 0 aliphatic carbocycles. The highest BCUT2D eigenvalue weighted by Crippen LogP contribution is 2.32. The third kappa shape index (κ3) is 5.84. The zero-order valence-electron chi connectivity index (χ0n) is 19.1. The molecule has 0 fully saturated rings. The van der Waals surface area contributed by atoms with Gasteiger partial charge in [0.05, 0.1) is 32.2 Å². The molecule has 174 valence electrons. The van der Waals surface area contributed by atoms with E-state index in [9.17, 15) is 13.2 Å². The summed E-state index contributed by atoms with van der Waals surface area (Å²) in [6, 6.07) is 21.6. The average Bonchev–Trinajstić information content (AvgIpc) is 2.81. The van der Waals surface area contributed by atoms with Gasteiger partial charge in [-0.15, -0.1) is 0 Å². The molecule has 8 heteroatoms. The SMILES string of the molecule is COc1ccc(N(CC(=O)N[C@H](c2ccccc2)c2ccccc2C)S(C)(=O)=O)cc1OC. The van der Waals surface area contributed by atoms with Crippen molar-refractivity contribution in [2.45, 2.75) is 13.0 Å². The summed E-state index contributed by atoms with van der Waals surface area (Å²) in [7, 11) is -0.796. The molecule has 0 saturated carbocycles. The maximum absolute atomic E-state index is 13.1. The molecule has 0 heterocycles. The highest BCUT2D eigenvalue weighted by Gasteiger charge is 2.25. The van der Waals surface area contributed by atoms with Crippen LogP contribution in [0.25, 0.3) is 0 Å². The van der Waals surface area contributed by atoms with E-state index in [-0.39, 0.29) is 6.54 Å². The second kappa shape index (κ2) is 10.4. The van der Waals surface area contributed by atoms with Crippen LogP contribution < -0.4 is 19.1 Å². The zero-order valence-corrected chi connectivity index (χ0v) is 19.9. The maximum atomic E-state index is 13.1. The molecule has 0 bridgehead atoms. The fraction of sp³-hybridized carbons (Fsp3) is 0.240. The lowest BCUT2D eigenvalue weighted by atomic mass is 9.95. The van der Waals surface area contributed by atoms with E-state index in [1.807, 2.05) is 61.5 Å². The van der Waals surface area contributed by atoms with E-state index < -0.39 is 22.0 Å². The summed E-state index contributed by atoms with van der Waals surface area (Å²) < 4.78 is 36.7. The third-order valence-corrected chi connectivity index (χ3v) is 6.42. The second-order valence-electron chi connectivity index (χ2n) is 7.58. The van der Waals surface area contributed by atoms with Gasteiger partial charge in [0.15, 0.2) is 11.5 Å². The quantitative estimate of drug-likeness (QED) is 0.518. The van der Waals surface area contributed by atoms with Crippen LogP contribution in [0.1, 0.15) is 22.7 Å². The number of nitrogens with one attached hydrogen (secondary N) is 1. The van der Waals surface area contributed by atoms with Crippen molar-refractivity contribution in [1.29, 1.82) is 0 Å². The van der Waals surface area contributed by atoms with E-state index in [1.54, 1.807) is 12.1 Å². The van der Waals surface area contributed by atoms with Gasteiger partial charge in [0.2, 0.25) is 15.9 Å². The molecule has 3 rings (SSSR count). The van der Waals surface area contributed by atoms with Crippen LogP contribution in [0.3, 0.4) is 0 Å². The van der Waals surface area contributed by atoms with Crippen LogP contribution in [0.5, 0.6) is 11.5 Å². The maximum Gasteiger partial charge on any atom is 0.241 e. The molecular formula is C25H28N2O5S. The van der Waals surface area contributed by atoms with Gasteiger partial charge >= 0.3 is 0 Å². The lowest BCUT2D eigenvalue weighted by Gasteiger charge is -2.26. The highest BCUT2D eigenvalue weighted by molar-refractivity contribution is 7.92. The molecule has 1 amide bonds. The van der Waals surface area contributed by atoms with E-state index in [0.29, 0.717) is 17.2 Å². The largest absolute Gasteiger partial charge is 0.493 e. The molecule has 0 aliphatic rings. The number of carbonyl (C=O) groups is 1. The van der Waals surface area contributed by atoms with Crippen molar-refractivity contribution in [2.24, 2.45) is 0 Å². The zero-order chi connectivity index (χ0) is 24.0. The van der Waals surface area contributed by atoms with Crippen molar-refractivity contribution in [3.8, 4) is 11.5 Å². The predicted molar refractivity (Wildman–Crippen MR) is 129 cm³/mol. The molecule has 1 N–H and O–H groups in total. The first-order chi connectivity index (χ1) is 15.7. The Labute approximate surface area is 195 Å². The van der Waals surface area contributed by atoms with Gasteiger partial charge < -0.3 is 14.8 Å². The number of methoxy groups -OCH3 is 2. The number of benzene rings is 3. The van der Waals surface area contributed by atoms with Gasteiger partial charge in [0.25, 0.3) is 0 Å². The van der Waals surface area contributed by atoms with E-state index in [4.69, 9.17) is 9.47 Å². The van der Waals surface area contributed by atoms with Crippen molar-refractivity contribution in [3.05, 3.63) is 89.5 Å². The van der Waals surface area contributed by atoms with E-state index in [2.05, 4.69) is 5.32 Å². The van der Waals surface area contributed by atoms with Gasteiger partial charge in [0.1, 0.15) is 6.54 Å². The molecule has 7 nitrogen and oxygen atoms in total. The Morgan fingerprint density at radius 2 is 1.58 bits per heavy atom. The van der Waals surface area contributed by atoms with Crippen molar-refractivity contribution < 1.29 is 22.7 Å². The average molecular weight is 469 g/mol. The number of hydrogen-bond donors (Lipinski definition) is 1. The molecule has 1 atom stereocenters. The van der Waals surface area contributed by atoms with Crippen LogP contribution in [-0.4, -0.2) is 41.3 Å². The van der Waals surface area contributed by atoms with Crippen LogP contribution in [-0.2, 0) is 14.8 Å². The van der Waals surface area contributed by atoms with Crippen LogP contribution >= 0.6 is 0 Å². The number of nitrogens with zero attached hydrogens (tertiary/aromatic N) is 1. The van der Waals surface area contributed by atoms with Crippen molar-refractivity contribution >= 4 is 21.6 Å². The highest BCUT2D eigenvalue weighted by atomic mass is 32.2. The summed E-state index contributed by atoms with van der Waals surface area (Å²) in [5.41, 5.74) is 3.16. The molecule has 0 aromatic heterocycles. The number of amides is 1. The van der Waals surface area contributed by atoms with Crippen molar-refractivity contribution in [2.75, 3.05) is 31.3 Å². The minimum atomic E-state index is -3.75. The molecule has 3 aromatic rings. The van der Waals surface area contributed by atoms with Crippen LogP contribution in [0.4, 0.5) is 5.69 Å². The van der Waals surface area contributed by atoms with Crippen molar-refractivity contribution in [1.82, 2.24) is 5.32 Å². The Balaban J connectivity index is 1.92. The molecule has 3 aromatic carbocycles. The topological polar surface area (TPSA) is 84.9 Å². The Morgan fingerprint density at radius 3 is 2.18 bits per heavy atom. The van der Waals surface area contributed by atoms with E-state index in [0.717, 1.165) is 27.3 Å². The Bertz CT molecular complexity index is 1210. The monoisotopic (exact) mass is 468 g/mol. The normalized spacial score (nSPS) is 12.0. The van der Waals surface area contributed by atoms with Crippen LogP contribution in [0, 0.1) is 6.92 Å². The van der Waals surface area contributed by atoms with Crippen LogP contribution in [0.2, 0.25) is 0 Å². The number of carbonyl (C=O) groups excluding carboxylic acids is 1. The standard InChI is InChI=1S/C25H28N2O5S/c1-18-10-8-9-13-21(18)25(19-11-6-5-7-12-19)26-24(28)17-27(33(4,29)30)20-14-15-22(31-2)23(16-20)32-3/h5-16,25H,17H2,1-4H3,(H,26,28)/t25-/m1/s1. The summed E-state index contributed by atoms with van der Waals surface area (Å²) in [6.07, 6.45) is 1.06. The van der Waals surface area contributed by atoms with Gasteiger partial charge in [-0.3, -0.25) is 9.10 Å². The van der Waals surface area contributed by atoms with E-state index >= 15 is 0 Å². The van der Waals surface area contributed by atoms with Gasteiger partial charge in [-0.2, -0.15) is 0 Å². The molecular weight excluding hydrogens is 440 g/mol. The van der Waals surface area contributed by atoms with Gasteiger partial charge in [0, 0.05) is 6.07 Å². The number of rotatable bonds is 9. The number of sulfonamides is 1. The molecule has 0 radical (unpaired) electrons. The van der Waals surface area contributed by atoms with Gasteiger partial charge in [-0.05, 0) is 35.7 Å². The first-order valence-corrected chi connectivity index (χ1v) is 12.2. The first-order valence-electron chi connectivity index (χ1n) is 10.3. The first kappa shape index (κ1) is 24.1. The lowest BCUT2D eigenvalue weighted by molar-refractivity contribution is -0.120. The molecule has 0 spiro atoms. The Kier molecular flexibility index (Phi) is 7.60. The fourth-order valence-electron chi connectivity index (χ4n) is 3.61. The van der Waals surface area contributed by atoms with Gasteiger partial charge in [-0.1, -0.05) is 54.6 Å². The number of aryl methyl sites for hydroxylation is 1. The summed E-state index contributed by atoms with van der Waals surface area (Å²) in [4.78, 5) is 13.1. The summed E-state index contributed by atoms with van der Waals surface area (Å²) >= 11 is 0. The smallest absolute Gasteiger partial charge is 0.241 e. The lowest BCUT2D eigenvalue weighted by Crippen LogP contribution is -2.42. The minimum absolute atomic E-state index is 0.303. The summed E-state index contributed by atoms with van der Waals surface area (Å²) in [5.74, 6) is 0.390. The van der Waals surface area contributed by atoms with Crippen molar-refractivity contribution in [3.63, 3.8) is 0 Å². The third-order valence-electron chi connectivity index (χ3n) is 5.28. The molecule has 0 saturated heterocycles. The minimum Gasteiger partial charge on any atom is -0.493 e.